The van der Waals surface area contributed by atoms with Gasteiger partial charge in [0.25, 0.3) is 0 Å². The molecule has 0 aliphatic rings. The molecule has 126 valence electrons. The van der Waals surface area contributed by atoms with E-state index in [0.717, 1.165) is 22.3 Å². The van der Waals surface area contributed by atoms with Crippen molar-refractivity contribution >= 4 is 35.1 Å². The molecule has 2 aromatic carbocycles. The third-order valence-corrected chi connectivity index (χ3v) is 4.58. The van der Waals surface area contributed by atoms with Crippen LogP contribution in [0, 0.1) is 13.8 Å². The quantitative estimate of drug-likeness (QED) is 0.434. The van der Waals surface area contributed by atoms with Gasteiger partial charge < -0.3 is 0 Å². The second-order valence-corrected chi connectivity index (χ2v) is 7.94. The van der Waals surface area contributed by atoms with Gasteiger partial charge in [-0.1, -0.05) is 62.2 Å². The van der Waals surface area contributed by atoms with Crippen molar-refractivity contribution in [1.29, 1.82) is 0 Å². The summed E-state index contributed by atoms with van der Waals surface area (Å²) in [5, 5.41) is 1.11. The Hall–Kier alpha value is -1.57. The summed E-state index contributed by atoms with van der Waals surface area (Å²) in [7, 11) is 0. The molecule has 1 nitrogen and oxygen atoms in total. The number of carbonyl (C=O) groups is 1. The van der Waals surface area contributed by atoms with Crippen LogP contribution in [0.2, 0.25) is 10.0 Å². The van der Waals surface area contributed by atoms with Gasteiger partial charge >= 0.3 is 0 Å². The minimum absolute atomic E-state index is 0.0172. The van der Waals surface area contributed by atoms with Crippen molar-refractivity contribution in [2.45, 2.75) is 40.0 Å². The van der Waals surface area contributed by atoms with Crippen LogP contribution in [0.1, 0.15) is 53.4 Å². The Labute approximate surface area is 154 Å². The van der Waals surface area contributed by atoms with E-state index in [2.05, 4.69) is 32.9 Å². The highest BCUT2D eigenvalue weighted by Gasteiger charge is 2.18. The Morgan fingerprint density at radius 2 is 1.58 bits per heavy atom. The maximum atomic E-state index is 12.6. The summed E-state index contributed by atoms with van der Waals surface area (Å²) in [4.78, 5) is 12.6. The lowest BCUT2D eigenvalue weighted by Crippen LogP contribution is -2.13. The van der Waals surface area contributed by atoms with Crippen LogP contribution in [-0.2, 0) is 5.41 Å². The first kappa shape index (κ1) is 18.8. The van der Waals surface area contributed by atoms with E-state index < -0.39 is 0 Å². The molecule has 0 saturated carbocycles. The fourth-order valence-corrected chi connectivity index (χ4v) is 3.14. The lowest BCUT2D eigenvalue weighted by Gasteiger charge is -2.21. The van der Waals surface area contributed by atoms with E-state index in [9.17, 15) is 4.79 Å². The second-order valence-electron chi connectivity index (χ2n) is 7.10. The number of rotatable bonds is 3. The highest BCUT2D eigenvalue weighted by molar-refractivity contribution is 6.35. The van der Waals surface area contributed by atoms with Crippen LogP contribution in [-0.4, -0.2) is 5.78 Å². The average Bonchev–Trinajstić information content (AvgIpc) is 2.44. The number of ketones is 1. The zero-order valence-corrected chi connectivity index (χ0v) is 16.2. The van der Waals surface area contributed by atoms with Gasteiger partial charge in [-0.15, -0.1) is 0 Å². The Bertz CT molecular complexity index is 788. The molecule has 0 heterocycles. The van der Waals surface area contributed by atoms with E-state index >= 15 is 0 Å². The zero-order chi connectivity index (χ0) is 18.1. The van der Waals surface area contributed by atoms with Crippen LogP contribution in [0.3, 0.4) is 0 Å². The summed E-state index contributed by atoms with van der Waals surface area (Å²) in [6, 6.07) is 9.43. The number of aryl methyl sites for hydroxylation is 2. The molecule has 0 N–H and O–H groups in total. The monoisotopic (exact) mass is 360 g/mol. The summed E-state index contributed by atoms with van der Waals surface area (Å²) in [5.74, 6) is -0.0172. The predicted octanol–water partition coefficient (Wildman–Crippen LogP) is 6.80. The van der Waals surface area contributed by atoms with E-state index in [1.165, 1.54) is 5.56 Å². The van der Waals surface area contributed by atoms with Gasteiger partial charge in [-0.25, -0.2) is 0 Å². The van der Waals surface area contributed by atoms with Crippen LogP contribution < -0.4 is 0 Å². The minimum Gasteiger partial charge on any atom is -0.289 e. The van der Waals surface area contributed by atoms with E-state index in [0.29, 0.717) is 10.0 Å². The Morgan fingerprint density at radius 3 is 2.08 bits per heavy atom. The van der Waals surface area contributed by atoms with Crippen LogP contribution >= 0.6 is 23.2 Å². The first-order valence-electron chi connectivity index (χ1n) is 7.89. The number of halogens is 2. The average molecular weight is 361 g/mol. The number of benzene rings is 2. The molecule has 0 aliphatic carbocycles. The molecule has 2 rings (SSSR count). The molecule has 2 aromatic rings. The lowest BCUT2D eigenvalue weighted by atomic mass is 9.83. The van der Waals surface area contributed by atoms with E-state index in [4.69, 9.17) is 23.2 Å². The maximum absolute atomic E-state index is 12.6. The van der Waals surface area contributed by atoms with Gasteiger partial charge in [0, 0.05) is 15.6 Å². The first-order valence-corrected chi connectivity index (χ1v) is 8.64. The normalized spacial score (nSPS) is 12.0. The van der Waals surface area contributed by atoms with E-state index in [-0.39, 0.29) is 11.2 Å². The van der Waals surface area contributed by atoms with Gasteiger partial charge in [0.2, 0.25) is 0 Å². The molecule has 0 saturated heterocycles. The van der Waals surface area contributed by atoms with Gasteiger partial charge in [-0.05, 0) is 65.8 Å². The molecule has 0 radical (unpaired) electrons. The smallest absolute Gasteiger partial charge is 0.186 e. The van der Waals surface area contributed by atoms with Gasteiger partial charge in [-0.2, -0.15) is 0 Å². The molecule has 0 atom stereocenters. The van der Waals surface area contributed by atoms with Crippen molar-refractivity contribution in [2.75, 3.05) is 0 Å². The SMILES string of the molecule is Cc1cc(C(C)(C)C)cc(C)c1C(=O)C=Cc1ccc(Cl)cc1Cl. The van der Waals surface area contributed by atoms with Gasteiger partial charge in [0.15, 0.2) is 5.78 Å². The summed E-state index contributed by atoms with van der Waals surface area (Å²) < 4.78 is 0. The molecule has 0 bridgehead atoms. The molecular formula is C21H22Cl2O. The Morgan fingerprint density at radius 1 is 1.00 bits per heavy atom. The zero-order valence-electron chi connectivity index (χ0n) is 14.7. The van der Waals surface area contributed by atoms with Gasteiger partial charge in [0.05, 0.1) is 0 Å². The molecule has 0 aromatic heterocycles. The summed E-state index contributed by atoms with van der Waals surface area (Å²) in [6.07, 6.45) is 3.30. The number of allylic oxidation sites excluding steroid dienone is 1. The molecule has 24 heavy (non-hydrogen) atoms. The van der Waals surface area contributed by atoms with Crippen LogP contribution in [0.5, 0.6) is 0 Å². The van der Waals surface area contributed by atoms with Crippen molar-refractivity contribution in [3.8, 4) is 0 Å². The van der Waals surface area contributed by atoms with Crippen molar-refractivity contribution in [3.05, 3.63) is 74.3 Å². The predicted molar refractivity (Wildman–Crippen MR) is 104 cm³/mol. The standard InChI is InChI=1S/C21H22Cl2O/c1-13-10-16(21(3,4)5)11-14(2)20(13)19(24)9-7-15-6-8-17(22)12-18(15)23/h6-12H,1-5H3. The second kappa shape index (κ2) is 7.13. The fourth-order valence-electron chi connectivity index (χ4n) is 2.67. The van der Waals surface area contributed by atoms with Crippen LogP contribution in [0.15, 0.2) is 36.4 Å². The fraction of sp³-hybridized carbons (Fsp3) is 0.286. The number of carbonyl (C=O) groups excluding carboxylic acids is 1. The highest BCUT2D eigenvalue weighted by atomic mass is 35.5. The molecule has 0 fully saturated rings. The third-order valence-electron chi connectivity index (χ3n) is 4.02. The topological polar surface area (TPSA) is 17.1 Å². The van der Waals surface area contributed by atoms with Crippen molar-refractivity contribution in [2.24, 2.45) is 0 Å². The summed E-state index contributed by atoms with van der Waals surface area (Å²) in [6.45, 7) is 10.5. The van der Waals surface area contributed by atoms with E-state index in [1.807, 2.05) is 13.8 Å². The maximum Gasteiger partial charge on any atom is 0.186 e. The van der Waals surface area contributed by atoms with E-state index in [1.54, 1.807) is 30.4 Å². The lowest BCUT2D eigenvalue weighted by molar-refractivity contribution is 0.104. The third kappa shape index (κ3) is 4.28. The Kier molecular flexibility index (Phi) is 5.57. The van der Waals surface area contributed by atoms with Gasteiger partial charge in [0.1, 0.15) is 0 Å². The minimum atomic E-state index is -0.0172. The largest absolute Gasteiger partial charge is 0.289 e. The Balaban J connectivity index is 2.35. The summed E-state index contributed by atoms with van der Waals surface area (Å²) >= 11 is 12.0. The van der Waals surface area contributed by atoms with Crippen molar-refractivity contribution in [3.63, 3.8) is 0 Å². The number of hydrogen-bond donors (Lipinski definition) is 0. The highest BCUT2D eigenvalue weighted by Crippen LogP contribution is 2.28. The summed E-state index contributed by atoms with van der Waals surface area (Å²) in [5.41, 5.74) is 4.82. The molecule has 0 spiro atoms. The molecule has 0 amide bonds. The molecule has 0 unspecified atom stereocenters. The van der Waals surface area contributed by atoms with Crippen molar-refractivity contribution in [1.82, 2.24) is 0 Å². The van der Waals surface area contributed by atoms with Crippen LogP contribution in [0.4, 0.5) is 0 Å². The molecular weight excluding hydrogens is 339 g/mol. The molecule has 0 aliphatic heterocycles. The van der Waals surface area contributed by atoms with Crippen LogP contribution in [0.25, 0.3) is 6.08 Å². The number of hydrogen-bond acceptors (Lipinski definition) is 1. The first-order chi connectivity index (χ1) is 11.1. The van der Waals surface area contributed by atoms with Crippen molar-refractivity contribution < 1.29 is 4.79 Å². The van der Waals surface area contributed by atoms with Gasteiger partial charge in [-0.3, -0.25) is 4.79 Å². The molecule has 3 heteroatoms.